The van der Waals surface area contributed by atoms with Crippen molar-refractivity contribution in [1.82, 2.24) is 10.3 Å². The molecular weight excluding hydrogens is 246 g/mol. The average molecular weight is 261 g/mol. The lowest BCUT2D eigenvalue weighted by atomic mass is 10.1. The van der Waals surface area contributed by atoms with Gasteiger partial charge in [0, 0.05) is 5.38 Å². The van der Waals surface area contributed by atoms with Crippen LogP contribution in [0.5, 0.6) is 0 Å². The van der Waals surface area contributed by atoms with E-state index >= 15 is 0 Å². The summed E-state index contributed by atoms with van der Waals surface area (Å²) in [5.41, 5.74) is 7.55. The second kappa shape index (κ2) is 5.75. The van der Waals surface area contributed by atoms with Crippen molar-refractivity contribution < 1.29 is 4.79 Å². The first kappa shape index (κ1) is 12.7. The predicted octanol–water partition coefficient (Wildman–Crippen LogP) is 1.77. The number of carbonyl (C=O) groups excluding carboxylic acids is 1. The fraction of sp³-hybridized carbons (Fsp3) is 0.231. The lowest BCUT2D eigenvalue weighted by molar-refractivity contribution is -0.122. The average Bonchev–Trinajstić information content (AvgIpc) is 2.82. The standard InChI is InChI=1S/C13H15N3OS/c1-9-16-11(8-18-9)7-15-13(17)12(14)10-5-3-2-4-6-10/h2-6,8,12H,7,14H2,1H3,(H,15,17). The molecule has 18 heavy (non-hydrogen) atoms. The van der Waals surface area contributed by atoms with Crippen LogP contribution in [0.25, 0.3) is 0 Å². The maximum absolute atomic E-state index is 11.9. The Labute approximate surface area is 110 Å². The third-order valence-electron chi connectivity index (χ3n) is 2.55. The summed E-state index contributed by atoms with van der Waals surface area (Å²) in [5, 5.41) is 5.72. The van der Waals surface area contributed by atoms with Crippen molar-refractivity contribution in [1.29, 1.82) is 0 Å². The summed E-state index contributed by atoms with van der Waals surface area (Å²) in [6, 6.07) is 8.69. The summed E-state index contributed by atoms with van der Waals surface area (Å²) >= 11 is 1.57. The molecule has 1 heterocycles. The van der Waals surface area contributed by atoms with Gasteiger partial charge in [0.1, 0.15) is 6.04 Å². The Morgan fingerprint density at radius 1 is 1.44 bits per heavy atom. The van der Waals surface area contributed by atoms with Crippen molar-refractivity contribution in [2.45, 2.75) is 19.5 Å². The highest BCUT2D eigenvalue weighted by Crippen LogP contribution is 2.11. The summed E-state index contributed by atoms with van der Waals surface area (Å²) in [6.45, 7) is 2.36. The first-order valence-corrected chi connectivity index (χ1v) is 6.54. The molecule has 0 radical (unpaired) electrons. The van der Waals surface area contributed by atoms with Gasteiger partial charge >= 0.3 is 0 Å². The highest BCUT2D eigenvalue weighted by Gasteiger charge is 2.15. The van der Waals surface area contributed by atoms with Gasteiger partial charge in [0.15, 0.2) is 0 Å². The Morgan fingerprint density at radius 3 is 2.78 bits per heavy atom. The van der Waals surface area contributed by atoms with Gasteiger partial charge < -0.3 is 11.1 Å². The SMILES string of the molecule is Cc1nc(CNC(=O)C(N)c2ccccc2)cs1. The van der Waals surface area contributed by atoms with Gasteiger partial charge in [-0.15, -0.1) is 11.3 Å². The van der Waals surface area contributed by atoms with E-state index in [1.807, 2.05) is 42.6 Å². The van der Waals surface area contributed by atoms with E-state index in [0.717, 1.165) is 16.3 Å². The minimum Gasteiger partial charge on any atom is -0.349 e. The number of carbonyl (C=O) groups is 1. The molecule has 5 heteroatoms. The van der Waals surface area contributed by atoms with Crippen molar-refractivity contribution in [3.05, 3.63) is 52.0 Å². The van der Waals surface area contributed by atoms with Crippen molar-refractivity contribution in [2.75, 3.05) is 0 Å². The van der Waals surface area contributed by atoms with E-state index in [1.54, 1.807) is 11.3 Å². The number of nitrogens with zero attached hydrogens (tertiary/aromatic N) is 1. The number of hydrogen-bond donors (Lipinski definition) is 2. The van der Waals surface area contributed by atoms with Crippen LogP contribution in [-0.4, -0.2) is 10.9 Å². The van der Waals surface area contributed by atoms with E-state index in [2.05, 4.69) is 10.3 Å². The molecule has 1 unspecified atom stereocenters. The summed E-state index contributed by atoms with van der Waals surface area (Å²) in [7, 11) is 0. The zero-order chi connectivity index (χ0) is 13.0. The molecule has 0 aliphatic rings. The Hall–Kier alpha value is -1.72. The maximum Gasteiger partial charge on any atom is 0.241 e. The zero-order valence-electron chi connectivity index (χ0n) is 10.1. The van der Waals surface area contributed by atoms with E-state index in [1.165, 1.54) is 0 Å². The molecule has 1 aromatic carbocycles. The topological polar surface area (TPSA) is 68.0 Å². The Morgan fingerprint density at radius 2 is 2.17 bits per heavy atom. The summed E-state index contributed by atoms with van der Waals surface area (Å²) in [5.74, 6) is -0.188. The molecule has 0 aliphatic carbocycles. The molecule has 0 saturated carbocycles. The number of nitrogens with two attached hydrogens (primary N) is 1. The van der Waals surface area contributed by atoms with Crippen LogP contribution in [0.4, 0.5) is 0 Å². The third kappa shape index (κ3) is 3.15. The van der Waals surface area contributed by atoms with Gasteiger partial charge in [-0.3, -0.25) is 4.79 Å². The third-order valence-corrected chi connectivity index (χ3v) is 3.37. The number of aromatic nitrogens is 1. The lowest BCUT2D eigenvalue weighted by Gasteiger charge is -2.11. The first-order chi connectivity index (χ1) is 8.66. The minimum atomic E-state index is -0.633. The largest absolute Gasteiger partial charge is 0.349 e. The van der Waals surface area contributed by atoms with E-state index in [9.17, 15) is 4.79 Å². The molecule has 1 atom stereocenters. The molecule has 0 bridgehead atoms. The van der Waals surface area contributed by atoms with Crippen LogP contribution in [0.1, 0.15) is 22.3 Å². The van der Waals surface area contributed by atoms with E-state index in [-0.39, 0.29) is 5.91 Å². The zero-order valence-corrected chi connectivity index (χ0v) is 10.9. The van der Waals surface area contributed by atoms with Gasteiger partial charge in [0.05, 0.1) is 17.2 Å². The van der Waals surface area contributed by atoms with Crippen LogP contribution < -0.4 is 11.1 Å². The van der Waals surface area contributed by atoms with E-state index in [0.29, 0.717) is 6.54 Å². The molecule has 1 amide bonds. The van der Waals surface area contributed by atoms with E-state index in [4.69, 9.17) is 5.73 Å². The molecule has 0 spiro atoms. The number of benzene rings is 1. The minimum absolute atomic E-state index is 0.188. The number of rotatable bonds is 4. The number of amides is 1. The van der Waals surface area contributed by atoms with Crippen molar-refractivity contribution in [3.63, 3.8) is 0 Å². The van der Waals surface area contributed by atoms with Gasteiger partial charge in [-0.2, -0.15) is 0 Å². The van der Waals surface area contributed by atoms with Crippen molar-refractivity contribution in [3.8, 4) is 0 Å². The summed E-state index contributed by atoms with van der Waals surface area (Å²) in [4.78, 5) is 16.1. The van der Waals surface area contributed by atoms with Crippen LogP contribution >= 0.6 is 11.3 Å². The normalized spacial score (nSPS) is 12.1. The van der Waals surface area contributed by atoms with Gasteiger partial charge in [-0.1, -0.05) is 30.3 Å². The van der Waals surface area contributed by atoms with Crippen LogP contribution in [-0.2, 0) is 11.3 Å². The monoisotopic (exact) mass is 261 g/mol. The highest BCUT2D eigenvalue weighted by atomic mass is 32.1. The molecule has 0 aliphatic heterocycles. The van der Waals surface area contributed by atoms with Crippen LogP contribution in [0.3, 0.4) is 0 Å². The number of hydrogen-bond acceptors (Lipinski definition) is 4. The number of nitrogens with one attached hydrogen (secondary N) is 1. The second-order valence-corrected chi connectivity index (χ2v) is 5.03. The Kier molecular flexibility index (Phi) is 4.07. The second-order valence-electron chi connectivity index (χ2n) is 3.96. The van der Waals surface area contributed by atoms with Crippen LogP contribution in [0, 0.1) is 6.92 Å². The number of thiazole rings is 1. The van der Waals surface area contributed by atoms with Crippen LogP contribution in [0.15, 0.2) is 35.7 Å². The number of aryl methyl sites for hydroxylation is 1. The van der Waals surface area contributed by atoms with E-state index < -0.39 is 6.04 Å². The molecule has 94 valence electrons. The van der Waals surface area contributed by atoms with Gasteiger partial charge in [0.25, 0.3) is 0 Å². The summed E-state index contributed by atoms with van der Waals surface area (Å²) < 4.78 is 0. The molecule has 1 aromatic heterocycles. The maximum atomic E-state index is 11.9. The molecular formula is C13H15N3OS. The summed E-state index contributed by atoms with van der Waals surface area (Å²) in [6.07, 6.45) is 0. The Bertz CT molecular complexity index is 524. The lowest BCUT2D eigenvalue weighted by Crippen LogP contribution is -2.33. The Balaban J connectivity index is 1.92. The fourth-order valence-electron chi connectivity index (χ4n) is 1.59. The quantitative estimate of drug-likeness (QED) is 0.881. The molecule has 2 aromatic rings. The predicted molar refractivity (Wildman–Crippen MR) is 72.1 cm³/mol. The van der Waals surface area contributed by atoms with Gasteiger partial charge in [0.2, 0.25) is 5.91 Å². The molecule has 0 saturated heterocycles. The van der Waals surface area contributed by atoms with Crippen LogP contribution in [0.2, 0.25) is 0 Å². The molecule has 0 fully saturated rings. The molecule has 2 rings (SSSR count). The molecule has 3 N–H and O–H groups in total. The highest BCUT2D eigenvalue weighted by molar-refractivity contribution is 7.09. The smallest absolute Gasteiger partial charge is 0.241 e. The fourth-order valence-corrected chi connectivity index (χ4v) is 2.20. The van der Waals surface area contributed by atoms with Crippen molar-refractivity contribution >= 4 is 17.2 Å². The van der Waals surface area contributed by atoms with Gasteiger partial charge in [-0.05, 0) is 12.5 Å². The van der Waals surface area contributed by atoms with Gasteiger partial charge in [-0.25, -0.2) is 4.98 Å². The first-order valence-electron chi connectivity index (χ1n) is 5.66. The van der Waals surface area contributed by atoms with Crippen molar-refractivity contribution in [2.24, 2.45) is 5.73 Å². The molecule has 4 nitrogen and oxygen atoms in total.